The van der Waals surface area contributed by atoms with Crippen LogP contribution in [0.5, 0.6) is 5.75 Å². The van der Waals surface area contributed by atoms with Gasteiger partial charge in [0.15, 0.2) is 0 Å². The van der Waals surface area contributed by atoms with Crippen molar-refractivity contribution in [3.63, 3.8) is 0 Å². The molecule has 1 unspecified atom stereocenters. The second-order valence-corrected chi connectivity index (χ2v) is 7.33. The quantitative estimate of drug-likeness (QED) is 0.372. The first-order valence-corrected chi connectivity index (χ1v) is 9.80. The summed E-state index contributed by atoms with van der Waals surface area (Å²) in [6.07, 6.45) is 6.41. The molecular formula is C23H18ClN3O4. The highest BCUT2D eigenvalue weighted by atomic mass is 35.5. The lowest BCUT2D eigenvalue weighted by atomic mass is 9.95. The number of aromatic nitrogens is 2. The normalized spacial score (nSPS) is 17.7. The number of benzene rings is 1. The first-order valence-electron chi connectivity index (χ1n) is 9.42. The van der Waals surface area contributed by atoms with Crippen LogP contribution in [-0.4, -0.2) is 38.8 Å². The Morgan fingerprint density at radius 2 is 1.90 bits per heavy atom. The van der Waals surface area contributed by atoms with Crippen molar-refractivity contribution in [2.45, 2.75) is 12.6 Å². The van der Waals surface area contributed by atoms with Gasteiger partial charge in [0, 0.05) is 36.9 Å². The molecule has 1 aliphatic rings. The highest BCUT2D eigenvalue weighted by molar-refractivity contribution is 6.46. The molecule has 0 saturated carbocycles. The minimum Gasteiger partial charge on any atom is -0.507 e. The molecule has 1 fully saturated rings. The van der Waals surface area contributed by atoms with Gasteiger partial charge in [-0.15, -0.1) is 0 Å². The van der Waals surface area contributed by atoms with Crippen LogP contribution >= 0.6 is 11.6 Å². The monoisotopic (exact) mass is 435 g/mol. The summed E-state index contributed by atoms with van der Waals surface area (Å²) >= 11 is 6.09. The van der Waals surface area contributed by atoms with Crippen molar-refractivity contribution in [2.75, 3.05) is 7.11 Å². The van der Waals surface area contributed by atoms with Crippen LogP contribution in [0.15, 0.2) is 72.8 Å². The number of halogens is 1. The Morgan fingerprint density at radius 1 is 1.13 bits per heavy atom. The number of ether oxygens (including phenoxy) is 1. The van der Waals surface area contributed by atoms with Gasteiger partial charge in [-0.05, 0) is 47.5 Å². The van der Waals surface area contributed by atoms with Crippen LogP contribution in [0.25, 0.3) is 5.76 Å². The second kappa shape index (κ2) is 8.57. The number of nitrogens with zero attached hydrogens (tertiary/aromatic N) is 3. The first-order chi connectivity index (χ1) is 15.0. The van der Waals surface area contributed by atoms with E-state index in [2.05, 4.69) is 9.97 Å². The van der Waals surface area contributed by atoms with Gasteiger partial charge < -0.3 is 14.7 Å². The molecular weight excluding hydrogens is 418 g/mol. The van der Waals surface area contributed by atoms with Crippen LogP contribution in [0.1, 0.15) is 22.7 Å². The zero-order valence-electron chi connectivity index (χ0n) is 16.5. The van der Waals surface area contributed by atoms with Gasteiger partial charge in [0.05, 0.1) is 23.7 Å². The minimum atomic E-state index is -0.787. The fraction of sp³-hybridized carbons (Fsp3) is 0.130. The third kappa shape index (κ3) is 3.87. The summed E-state index contributed by atoms with van der Waals surface area (Å²) in [5.74, 6) is -1.43. The van der Waals surface area contributed by atoms with Gasteiger partial charge in [0.1, 0.15) is 11.5 Å². The zero-order valence-corrected chi connectivity index (χ0v) is 17.3. The molecule has 1 aliphatic heterocycles. The molecule has 8 heteroatoms. The van der Waals surface area contributed by atoms with E-state index in [-0.39, 0.29) is 17.9 Å². The van der Waals surface area contributed by atoms with Gasteiger partial charge in [-0.3, -0.25) is 19.6 Å². The highest BCUT2D eigenvalue weighted by Crippen LogP contribution is 2.40. The Hall–Kier alpha value is -3.71. The summed E-state index contributed by atoms with van der Waals surface area (Å²) in [4.78, 5) is 35.5. The standard InChI is InChI=1S/C23H18ClN3O4/c1-31-18-11-16(4-5-17(18)24)21(28)19-20(15-6-9-25-10-7-15)27(23(30)22(19)29)13-14-3-2-8-26-12-14/h2-12,20,28H,13H2,1H3/b21-19-. The molecule has 1 aromatic carbocycles. The van der Waals surface area contributed by atoms with Gasteiger partial charge in [0.2, 0.25) is 0 Å². The average molecular weight is 436 g/mol. The van der Waals surface area contributed by atoms with Gasteiger partial charge in [-0.2, -0.15) is 0 Å². The fourth-order valence-electron chi connectivity index (χ4n) is 3.59. The van der Waals surface area contributed by atoms with E-state index in [0.29, 0.717) is 21.9 Å². The number of pyridine rings is 2. The van der Waals surface area contributed by atoms with Gasteiger partial charge in [-0.25, -0.2) is 0 Å². The summed E-state index contributed by atoms with van der Waals surface area (Å²) in [6, 6.07) is 10.9. The number of methoxy groups -OCH3 is 1. The van der Waals surface area contributed by atoms with Crippen molar-refractivity contribution in [1.82, 2.24) is 14.9 Å². The number of hydrogen-bond donors (Lipinski definition) is 1. The third-order valence-electron chi connectivity index (χ3n) is 5.06. The molecule has 4 rings (SSSR count). The summed E-state index contributed by atoms with van der Waals surface area (Å²) in [5, 5.41) is 11.5. The molecule has 1 saturated heterocycles. The van der Waals surface area contributed by atoms with Crippen LogP contribution in [0, 0.1) is 0 Å². The van der Waals surface area contributed by atoms with E-state index < -0.39 is 17.7 Å². The zero-order chi connectivity index (χ0) is 22.0. The number of aliphatic hydroxyl groups is 1. The van der Waals surface area contributed by atoms with Crippen molar-refractivity contribution >= 4 is 29.1 Å². The molecule has 0 spiro atoms. The lowest BCUT2D eigenvalue weighted by Gasteiger charge is -2.25. The Bertz CT molecular complexity index is 1170. The molecule has 0 aliphatic carbocycles. The molecule has 7 nitrogen and oxygen atoms in total. The van der Waals surface area contributed by atoms with E-state index in [1.807, 2.05) is 6.07 Å². The first kappa shape index (κ1) is 20.6. The Morgan fingerprint density at radius 3 is 2.58 bits per heavy atom. The van der Waals surface area contributed by atoms with E-state index >= 15 is 0 Å². The molecule has 31 heavy (non-hydrogen) atoms. The van der Waals surface area contributed by atoms with E-state index in [1.165, 1.54) is 18.1 Å². The number of hydrogen-bond acceptors (Lipinski definition) is 6. The van der Waals surface area contributed by atoms with Gasteiger partial charge in [0.25, 0.3) is 11.7 Å². The lowest BCUT2D eigenvalue weighted by molar-refractivity contribution is -0.140. The smallest absolute Gasteiger partial charge is 0.295 e. The van der Waals surface area contributed by atoms with Crippen LogP contribution in [-0.2, 0) is 16.1 Å². The van der Waals surface area contributed by atoms with Crippen LogP contribution in [0.4, 0.5) is 0 Å². The second-order valence-electron chi connectivity index (χ2n) is 6.92. The Kier molecular flexibility index (Phi) is 5.68. The molecule has 0 bridgehead atoms. The molecule has 1 N–H and O–H groups in total. The summed E-state index contributed by atoms with van der Waals surface area (Å²) in [5.41, 5.74) is 1.72. The maximum absolute atomic E-state index is 13.0. The maximum Gasteiger partial charge on any atom is 0.295 e. The Balaban J connectivity index is 1.86. The van der Waals surface area contributed by atoms with Crippen molar-refractivity contribution in [3.05, 3.63) is 94.5 Å². The van der Waals surface area contributed by atoms with Crippen molar-refractivity contribution < 1.29 is 19.4 Å². The summed E-state index contributed by atoms with van der Waals surface area (Å²) in [7, 11) is 1.45. The SMILES string of the molecule is COc1cc(/C(O)=C2/C(=O)C(=O)N(Cc3cccnc3)C2c2ccncc2)ccc1Cl. The number of rotatable bonds is 5. The highest BCUT2D eigenvalue weighted by Gasteiger charge is 2.46. The Labute approximate surface area is 183 Å². The maximum atomic E-state index is 13.0. The topological polar surface area (TPSA) is 92.6 Å². The van der Waals surface area contributed by atoms with E-state index in [1.54, 1.807) is 55.1 Å². The summed E-state index contributed by atoms with van der Waals surface area (Å²) in [6.45, 7) is 0.159. The van der Waals surface area contributed by atoms with E-state index in [4.69, 9.17) is 16.3 Å². The van der Waals surface area contributed by atoms with Crippen molar-refractivity contribution in [1.29, 1.82) is 0 Å². The van der Waals surface area contributed by atoms with Crippen LogP contribution < -0.4 is 4.74 Å². The molecule has 2 aromatic heterocycles. The minimum absolute atomic E-state index is 0.00975. The van der Waals surface area contributed by atoms with Crippen molar-refractivity contribution in [3.8, 4) is 5.75 Å². The van der Waals surface area contributed by atoms with Crippen LogP contribution in [0.3, 0.4) is 0 Å². The number of likely N-dealkylation sites (tertiary alicyclic amines) is 1. The molecule has 1 atom stereocenters. The molecule has 3 aromatic rings. The lowest BCUT2D eigenvalue weighted by Crippen LogP contribution is -2.29. The van der Waals surface area contributed by atoms with Crippen LogP contribution in [0.2, 0.25) is 5.02 Å². The van der Waals surface area contributed by atoms with Gasteiger partial charge in [-0.1, -0.05) is 17.7 Å². The molecule has 1 amide bonds. The fourth-order valence-corrected chi connectivity index (χ4v) is 3.78. The van der Waals surface area contributed by atoms with E-state index in [9.17, 15) is 14.7 Å². The number of amides is 1. The average Bonchev–Trinajstić information content (AvgIpc) is 3.05. The molecule has 0 radical (unpaired) electrons. The number of ketones is 1. The number of carbonyl (C=O) groups is 2. The van der Waals surface area contributed by atoms with E-state index in [0.717, 1.165) is 5.56 Å². The predicted octanol–water partition coefficient (Wildman–Crippen LogP) is 3.76. The van der Waals surface area contributed by atoms with Crippen molar-refractivity contribution in [2.24, 2.45) is 0 Å². The predicted molar refractivity (Wildman–Crippen MR) is 114 cm³/mol. The van der Waals surface area contributed by atoms with Gasteiger partial charge >= 0.3 is 0 Å². The number of carbonyl (C=O) groups excluding carboxylic acids is 2. The number of Topliss-reactive ketones (excluding diaryl/α,β-unsaturated/α-hetero) is 1. The largest absolute Gasteiger partial charge is 0.507 e. The summed E-state index contributed by atoms with van der Waals surface area (Å²) < 4.78 is 5.21. The molecule has 3 heterocycles. The third-order valence-corrected chi connectivity index (χ3v) is 5.37. The number of aliphatic hydroxyl groups excluding tert-OH is 1. The molecule has 156 valence electrons.